The molecule has 0 aromatic heterocycles. The van der Waals surface area contributed by atoms with Crippen LogP contribution in [0.25, 0.3) is 0 Å². The molecule has 4 heteroatoms. The van der Waals surface area contributed by atoms with Crippen LogP contribution in [0.5, 0.6) is 0 Å². The molecule has 1 saturated carbocycles. The predicted molar refractivity (Wildman–Crippen MR) is 82.7 cm³/mol. The third-order valence-electron chi connectivity index (χ3n) is 4.54. The Morgan fingerprint density at radius 2 is 2.05 bits per heavy atom. The van der Waals surface area contributed by atoms with Gasteiger partial charge in [0.05, 0.1) is 6.54 Å². The fourth-order valence-corrected chi connectivity index (χ4v) is 3.54. The van der Waals surface area contributed by atoms with Gasteiger partial charge < -0.3 is 10.6 Å². The number of nitrogens with one attached hydrogen (secondary N) is 2. The van der Waals surface area contributed by atoms with E-state index in [1.807, 2.05) is 0 Å². The molecule has 0 aromatic carbocycles. The van der Waals surface area contributed by atoms with Gasteiger partial charge >= 0.3 is 0 Å². The molecule has 0 spiro atoms. The van der Waals surface area contributed by atoms with Crippen LogP contribution in [0, 0.1) is 5.92 Å². The van der Waals surface area contributed by atoms with Gasteiger partial charge in [-0.25, -0.2) is 0 Å². The number of rotatable bonds is 7. The lowest BCUT2D eigenvalue weighted by Crippen LogP contribution is -2.45. The predicted octanol–water partition coefficient (Wildman–Crippen LogP) is 1.76. The Bertz CT molecular complexity index is 283. The van der Waals surface area contributed by atoms with Crippen molar-refractivity contribution in [3.05, 3.63) is 0 Å². The fraction of sp³-hybridized carbons (Fsp3) is 0.938. The first-order valence-electron chi connectivity index (χ1n) is 8.50. The highest BCUT2D eigenvalue weighted by molar-refractivity contribution is 5.78. The van der Waals surface area contributed by atoms with E-state index in [0.29, 0.717) is 12.6 Å². The van der Waals surface area contributed by atoms with Gasteiger partial charge in [0.15, 0.2) is 0 Å². The average molecular weight is 281 g/mol. The van der Waals surface area contributed by atoms with Crippen molar-refractivity contribution >= 4 is 5.91 Å². The van der Waals surface area contributed by atoms with Crippen molar-refractivity contribution in [3.63, 3.8) is 0 Å². The van der Waals surface area contributed by atoms with Crippen LogP contribution in [-0.4, -0.2) is 49.6 Å². The summed E-state index contributed by atoms with van der Waals surface area (Å²) in [5, 5.41) is 6.68. The van der Waals surface area contributed by atoms with E-state index in [-0.39, 0.29) is 5.91 Å². The van der Waals surface area contributed by atoms with Crippen LogP contribution in [0.2, 0.25) is 0 Å². The Balaban J connectivity index is 1.73. The molecule has 2 N–H and O–H groups in total. The molecule has 2 aliphatic rings. The maximum atomic E-state index is 12.2. The molecule has 0 bridgehead atoms. The maximum absolute atomic E-state index is 12.2. The lowest BCUT2D eigenvalue weighted by atomic mass is 9.99. The van der Waals surface area contributed by atoms with E-state index >= 15 is 0 Å². The van der Waals surface area contributed by atoms with Gasteiger partial charge in [0, 0.05) is 12.6 Å². The molecular formula is C16H31N3O. The molecule has 2 rings (SSSR count). The zero-order valence-electron chi connectivity index (χ0n) is 13.0. The topological polar surface area (TPSA) is 44.4 Å². The van der Waals surface area contributed by atoms with Crippen molar-refractivity contribution in [1.82, 2.24) is 15.5 Å². The van der Waals surface area contributed by atoms with Crippen LogP contribution in [0.15, 0.2) is 0 Å². The summed E-state index contributed by atoms with van der Waals surface area (Å²) in [7, 11) is 0. The van der Waals surface area contributed by atoms with Crippen LogP contribution in [-0.2, 0) is 4.79 Å². The van der Waals surface area contributed by atoms with Gasteiger partial charge in [-0.3, -0.25) is 9.69 Å². The number of hydrogen-bond donors (Lipinski definition) is 2. The van der Waals surface area contributed by atoms with Crippen LogP contribution >= 0.6 is 0 Å². The molecule has 1 unspecified atom stereocenters. The maximum Gasteiger partial charge on any atom is 0.234 e. The molecule has 1 aliphatic carbocycles. The molecule has 2 fully saturated rings. The lowest BCUT2D eigenvalue weighted by molar-refractivity contribution is -0.123. The first-order chi connectivity index (χ1) is 9.78. The third-order valence-corrected chi connectivity index (χ3v) is 4.54. The summed E-state index contributed by atoms with van der Waals surface area (Å²) in [5.41, 5.74) is 0. The van der Waals surface area contributed by atoms with E-state index in [2.05, 4.69) is 22.5 Å². The lowest BCUT2D eigenvalue weighted by Gasteiger charge is -2.29. The van der Waals surface area contributed by atoms with Crippen molar-refractivity contribution in [2.24, 2.45) is 5.92 Å². The molecule has 1 aliphatic heterocycles. The van der Waals surface area contributed by atoms with Crippen molar-refractivity contribution in [1.29, 1.82) is 0 Å². The van der Waals surface area contributed by atoms with E-state index in [1.54, 1.807) is 0 Å². The molecule has 1 heterocycles. The zero-order valence-corrected chi connectivity index (χ0v) is 13.0. The van der Waals surface area contributed by atoms with Crippen molar-refractivity contribution in [2.45, 2.75) is 57.9 Å². The number of nitrogens with zero attached hydrogens (tertiary/aromatic N) is 1. The van der Waals surface area contributed by atoms with Crippen molar-refractivity contribution in [3.8, 4) is 0 Å². The van der Waals surface area contributed by atoms with Gasteiger partial charge in [0.2, 0.25) is 5.91 Å². The molecule has 20 heavy (non-hydrogen) atoms. The summed E-state index contributed by atoms with van der Waals surface area (Å²) in [6, 6.07) is 0.447. The number of piperidine rings is 1. The normalized spacial score (nSPS) is 24.2. The van der Waals surface area contributed by atoms with Gasteiger partial charge in [0.25, 0.3) is 0 Å². The van der Waals surface area contributed by atoms with E-state index in [4.69, 9.17) is 0 Å². The molecule has 116 valence electrons. The second kappa shape index (κ2) is 8.63. The summed E-state index contributed by atoms with van der Waals surface area (Å²) in [6.07, 6.45) is 8.60. The Morgan fingerprint density at radius 3 is 2.70 bits per heavy atom. The van der Waals surface area contributed by atoms with Gasteiger partial charge in [-0.15, -0.1) is 0 Å². The van der Waals surface area contributed by atoms with Crippen LogP contribution in [0.4, 0.5) is 0 Å². The van der Waals surface area contributed by atoms with Gasteiger partial charge in [-0.2, -0.15) is 0 Å². The van der Waals surface area contributed by atoms with Crippen molar-refractivity contribution < 1.29 is 4.79 Å². The third kappa shape index (κ3) is 5.41. The molecule has 1 saturated heterocycles. The second-order valence-corrected chi connectivity index (χ2v) is 6.50. The SMILES string of the molecule is CCCN(CC(=O)NC1CCCC1)CC1CCCNC1. The van der Waals surface area contributed by atoms with Crippen LogP contribution in [0.1, 0.15) is 51.9 Å². The van der Waals surface area contributed by atoms with E-state index in [9.17, 15) is 4.79 Å². The smallest absolute Gasteiger partial charge is 0.234 e. The molecule has 1 atom stereocenters. The summed E-state index contributed by atoms with van der Waals surface area (Å²) in [5.74, 6) is 0.948. The highest BCUT2D eigenvalue weighted by atomic mass is 16.2. The summed E-state index contributed by atoms with van der Waals surface area (Å²) in [4.78, 5) is 14.5. The summed E-state index contributed by atoms with van der Waals surface area (Å²) >= 11 is 0. The van der Waals surface area contributed by atoms with Crippen molar-refractivity contribution in [2.75, 3.05) is 32.7 Å². The quantitative estimate of drug-likeness (QED) is 0.747. The van der Waals surface area contributed by atoms with Gasteiger partial charge in [-0.05, 0) is 57.7 Å². The average Bonchev–Trinajstić information content (AvgIpc) is 2.93. The number of carbonyl (C=O) groups is 1. The Kier molecular flexibility index (Phi) is 6.80. The molecule has 0 aromatic rings. The minimum absolute atomic E-state index is 0.231. The standard InChI is InChI=1S/C16H31N3O/c1-2-10-19(12-14-6-5-9-17-11-14)13-16(20)18-15-7-3-4-8-15/h14-15,17H,2-13H2,1H3,(H,18,20). The number of carbonyl (C=O) groups excluding carboxylic acids is 1. The monoisotopic (exact) mass is 281 g/mol. The van der Waals surface area contributed by atoms with Crippen LogP contribution < -0.4 is 10.6 Å². The van der Waals surface area contributed by atoms with E-state index in [1.165, 1.54) is 38.5 Å². The van der Waals surface area contributed by atoms with E-state index in [0.717, 1.165) is 38.5 Å². The Morgan fingerprint density at radius 1 is 1.25 bits per heavy atom. The Hall–Kier alpha value is -0.610. The first-order valence-corrected chi connectivity index (χ1v) is 8.50. The Labute approximate surface area is 123 Å². The summed E-state index contributed by atoms with van der Waals surface area (Å²) < 4.78 is 0. The number of amides is 1. The molecule has 4 nitrogen and oxygen atoms in total. The fourth-order valence-electron chi connectivity index (χ4n) is 3.54. The highest BCUT2D eigenvalue weighted by Crippen LogP contribution is 2.17. The molecule has 0 radical (unpaired) electrons. The largest absolute Gasteiger partial charge is 0.352 e. The highest BCUT2D eigenvalue weighted by Gasteiger charge is 2.21. The van der Waals surface area contributed by atoms with Gasteiger partial charge in [-0.1, -0.05) is 19.8 Å². The summed E-state index contributed by atoms with van der Waals surface area (Å²) in [6.45, 7) is 7.16. The van der Waals surface area contributed by atoms with E-state index < -0.39 is 0 Å². The minimum Gasteiger partial charge on any atom is -0.352 e. The molecular weight excluding hydrogens is 250 g/mol. The number of hydrogen-bond acceptors (Lipinski definition) is 3. The second-order valence-electron chi connectivity index (χ2n) is 6.50. The first kappa shape index (κ1) is 15.8. The molecule has 1 amide bonds. The zero-order chi connectivity index (χ0) is 14.2. The van der Waals surface area contributed by atoms with Gasteiger partial charge in [0.1, 0.15) is 0 Å². The minimum atomic E-state index is 0.231. The van der Waals surface area contributed by atoms with Crippen LogP contribution in [0.3, 0.4) is 0 Å².